The lowest BCUT2D eigenvalue weighted by atomic mass is 10.1. The van der Waals surface area contributed by atoms with Crippen LogP contribution >= 0.6 is 0 Å². The molecule has 3 N–H and O–H groups in total. The van der Waals surface area contributed by atoms with E-state index in [9.17, 15) is 4.79 Å². The summed E-state index contributed by atoms with van der Waals surface area (Å²) in [5.41, 5.74) is 8.21. The fourth-order valence-corrected chi connectivity index (χ4v) is 2.02. The number of aliphatic hydroxyl groups is 1. The standard InChI is InChI=1S/C11H14N2O2/c12-6-11(15)13-5-4-9-8(7-14)2-1-3-10(9)13/h1-3,14H,4-7,12H2. The van der Waals surface area contributed by atoms with Crippen LogP contribution in [0.2, 0.25) is 0 Å². The van der Waals surface area contributed by atoms with E-state index >= 15 is 0 Å². The normalized spacial score (nSPS) is 14.1. The van der Waals surface area contributed by atoms with Gasteiger partial charge in [-0.1, -0.05) is 12.1 Å². The first-order chi connectivity index (χ1) is 7.27. The number of rotatable bonds is 2. The molecule has 1 amide bonds. The lowest BCUT2D eigenvalue weighted by molar-refractivity contribution is -0.117. The number of nitrogens with two attached hydrogens (primary N) is 1. The van der Waals surface area contributed by atoms with Crippen molar-refractivity contribution >= 4 is 11.6 Å². The van der Waals surface area contributed by atoms with Crippen molar-refractivity contribution < 1.29 is 9.90 Å². The Morgan fingerprint density at radius 3 is 3.00 bits per heavy atom. The number of fused-ring (bicyclic) bond motifs is 1. The monoisotopic (exact) mass is 206 g/mol. The first kappa shape index (κ1) is 10.1. The summed E-state index contributed by atoms with van der Waals surface area (Å²) in [4.78, 5) is 13.2. The molecule has 1 aromatic rings. The molecule has 0 aromatic heterocycles. The van der Waals surface area contributed by atoms with Gasteiger partial charge in [-0.25, -0.2) is 0 Å². The molecule has 0 unspecified atom stereocenters. The highest BCUT2D eigenvalue weighted by atomic mass is 16.3. The number of anilines is 1. The van der Waals surface area contributed by atoms with E-state index in [1.807, 2.05) is 18.2 Å². The molecule has 4 heteroatoms. The highest BCUT2D eigenvalue weighted by Crippen LogP contribution is 2.30. The van der Waals surface area contributed by atoms with E-state index in [0.29, 0.717) is 6.54 Å². The number of nitrogens with zero attached hydrogens (tertiary/aromatic N) is 1. The van der Waals surface area contributed by atoms with E-state index in [1.54, 1.807) is 4.90 Å². The maximum atomic E-state index is 11.5. The van der Waals surface area contributed by atoms with E-state index < -0.39 is 0 Å². The van der Waals surface area contributed by atoms with Gasteiger partial charge in [-0.05, 0) is 23.6 Å². The minimum atomic E-state index is -0.0659. The Kier molecular flexibility index (Phi) is 2.70. The maximum absolute atomic E-state index is 11.5. The second-order valence-electron chi connectivity index (χ2n) is 3.57. The fourth-order valence-electron chi connectivity index (χ4n) is 2.02. The first-order valence-electron chi connectivity index (χ1n) is 5.00. The predicted molar refractivity (Wildman–Crippen MR) is 57.5 cm³/mol. The minimum Gasteiger partial charge on any atom is -0.392 e. The first-order valence-corrected chi connectivity index (χ1v) is 5.00. The quantitative estimate of drug-likeness (QED) is 0.717. The fraction of sp³-hybridized carbons (Fsp3) is 0.364. The molecule has 15 heavy (non-hydrogen) atoms. The molecule has 4 nitrogen and oxygen atoms in total. The third kappa shape index (κ3) is 1.62. The summed E-state index contributed by atoms with van der Waals surface area (Å²) in [5.74, 6) is -0.0659. The van der Waals surface area contributed by atoms with Crippen LogP contribution in [0.5, 0.6) is 0 Å². The van der Waals surface area contributed by atoms with Crippen molar-refractivity contribution in [3.63, 3.8) is 0 Å². The molecule has 0 spiro atoms. The zero-order chi connectivity index (χ0) is 10.8. The second-order valence-corrected chi connectivity index (χ2v) is 3.57. The van der Waals surface area contributed by atoms with Crippen molar-refractivity contribution in [1.82, 2.24) is 0 Å². The number of carbonyl (C=O) groups is 1. The van der Waals surface area contributed by atoms with E-state index in [0.717, 1.165) is 23.2 Å². The van der Waals surface area contributed by atoms with Gasteiger partial charge in [0.15, 0.2) is 0 Å². The van der Waals surface area contributed by atoms with Crippen molar-refractivity contribution in [3.05, 3.63) is 29.3 Å². The molecule has 0 fully saturated rings. The highest BCUT2D eigenvalue weighted by molar-refractivity contribution is 5.96. The molecule has 1 aromatic carbocycles. The van der Waals surface area contributed by atoms with Gasteiger partial charge >= 0.3 is 0 Å². The minimum absolute atomic E-state index is 0.0217. The van der Waals surface area contributed by atoms with Gasteiger partial charge in [-0.3, -0.25) is 4.79 Å². The van der Waals surface area contributed by atoms with Crippen molar-refractivity contribution in [2.45, 2.75) is 13.0 Å². The van der Waals surface area contributed by atoms with Crippen molar-refractivity contribution in [1.29, 1.82) is 0 Å². The van der Waals surface area contributed by atoms with Crippen LogP contribution in [0.1, 0.15) is 11.1 Å². The summed E-state index contributed by atoms with van der Waals surface area (Å²) in [6.07, 6.45) is 0.803. The number of carbonyl (C=O) groups excluding carboxylic acids is 1. The summed E-state index contributed by atoms with van der Waals surface area (Å²) in [6.45, 7) is 0.721. The number of benzene rings is 1. The average Bonchev–Trinajstić information content (AvgIpc) is 2.71. The van der Waals surface area contributed by atoms with Crippen LogP contribution in [0.4, 0.5) is 5.69 Å². The largest absolute Gasteiger partial charge is 0.392 e. The summed E-state index contributed by atoms with van der Waals surface area (Å²) >= 11 is 0. The summed E-state index contributed by atoms with van der Waals surface area (Å²) in [6, 6.07) is 5.64. The molecular formula is C11H14N2O2. The Balaban J connectivity index is 2.39. The van der Waals surface area contributed by atoms with E-state index in [4.69, 9.17) is 10.8 Å². The molecule has 0 bridgehead atoms. The lowest BCUT2D eigenvalue weighted by Gasteiger charge is -2.16. The molecule has 0 aliphatic carbocycles. The number of hydrogen-bond acceptors (Lipinski definition) is 3. The van der Waals surface area contributed by atoms with E-state index in [1.165, 1.54) is 0 Å². The molecule has 0 radical (unpaired) electrons. The molecule has 80 valence electrons. The van der Waals surface area contributed by atoms with Gasteiger partial charge in [0, 0.05) is 12.2 Å². The molecule has 1 heterocycles. The third-order valence-corrected chi connectivity index (χ3v) is 2.77. The van der Waals surface area contributed by atoms with Crippen LogP contribution in [0.25, 0.3) is 0 Å². The average molecular weight is 206 g/mol. The Morgan fingerprint density at radius 2 is 2.33 bits per heavy atom. The molecule has 1 aliphatic rings. The van der Waals surface area contributed by atoms with Crippen molar-refractivity contribution in [3.8, 4) is 0 Å². The van der Waals surface area contributed by atoms with Crippen molar-refractivity contribution in [2.24, 2.45) is 5.73 Å². The van der Waals surface area contributed by atoms with Crippen LogP contribution < -0.4 is 10.6 Å². The summed E-state index contributed by atoms with van der Waals surface area (Å²) in [5, 5.41) is 9.16. The Hall–Kier alpha value is -1.39. The smallest absolute Gasteiger partial charge is 0.240 e. The molecular weight excluding hydrogens is 192 g/mol. The highest BCUT2D eigenvalue weighted by Gasteiger charge is 2.24. The third-order valence-electron chi connectivity index (χ3n) is 2.77. The van der Waals surface area contributed by atoms with E-state index in [-0.39, 0.29) is 19.1 Å². The Labute approximate surface area is 88.3 Å². The zero-order valence-electron chi connectivity index (χ0n) is 8.44. The van der Waals surface area contributed by atoms with Crippen molar-refractivity contribution in [2.75, 3.05) is 18.0 Å². The topological polar surface area (TPSA) is 66.6 Å². The molecule has 0 saturated heterocycles. The number of aliphatic hydroxyl groups excluding tert-OH is 1. The van der Waals surface area contributed by atoms with Crippen LogP contribution in [0, 0.1) is 0 Å². The van der Waals surface area contributed by atoms with Gasteiger partial charge in [0.25, 0.3) is 0 Å². The summed E-state index contributed by atoms with van der Waals surface area (Å²) in [7, 11) is 0. The Morgan fingerprint density at radius 1 is 1.53 bits per heavy atom. The van der Waals surface area contributed by atoms with Gasteiger partial charge in [0.05, 0.1) is 13.2 Å². The predicted octanol–water partition coefficient (Wildman–Crippen LogP) is 0.0267. The number of amides is 1. The van der Waals surface area contributed by atoms with Crippen LogP contribution in [0.3, 0.4) is 0 Å². The van der Waals surface area contributed by atoms with Crippen LogP contribution in [-0.2, 0) is 17.8 Å². The second kappa shape index (κ2) is 4.00. The molecule has 0 saturated carbocycles. The molecule has 1 aliphatic heterocycles. The zero-order valence-corrected chi connectivity index (χ0v) is 8.44. The van der Waals surface area contributed by atoms with E-state index in [2.05, 4.69) is 0 Å². The van der Waals surface area contributed by atoms with Gasteiger partial charge in [-0.15, -0.1) is 0 Å². The number of hydrogen-bond donors (Lipinski definition) is 2. The van der Waals surface area contributed by atoms with Crippen LogP contribution in [0.15, 0.2) is 18.2 Å². The lowest BCUT2D eigenvalue weighted by Crippen LogP contribution is -2.34. The van der Waals surface area contributed by atoms with Gasteiger partial charge < -0.3 is 15.7 Å². The van der Waals surface area contributed by atoms with Gasteiger partial charge in [0.1, 0.15) is 0 Å². The van der Waals surface area contributed by atoms with Crippen LogP contribution in [-0.4, -0.2) is 24.1 Å². The van der Waals surface area contributed by atoms with Gasteiger partial charge in [-0.2, -0.15) is 0 Å². The Bertz CT molecular complexity index is 390. The molecule has 0 atom stereocenters. The molecule has 2 rings (SSSR count). The van der Waals surface area contributed by atoms with Gasteiger partial charge in [0.2, 0.25) is 5.91 Å². The maximum Gasteiger partial charge on any atom is 0.240 e. The SMILES string of the molecule is NCC(=O)N1CCc2c(CO)cccc21. The summed E-state index contributed by atoms with van der Waals surface area (Å²) < 4.78 is 0.